The number of epoxide rings is 1. The fourth-order valence-electron chi connectivity index (χ4n) is 4.92. The maximum atomic E-state index is 11.9. The third-order valence-electron chi connectivity index (χ3n) is 7.60. The molecule has 3 atom stereocenters. The van der Waals surface area contributed by atoms with Gasteiger partial charge in [0.25, 0.3) is 0 Å². The van der Waals surface area contributed by atoms with E-state index >= 15 is 0 Å². The second-order valence-corrected chi connectivity index (χ2v) is 12.1. The second kappa shape index (κ2) is 25.3. The van der Waals surface area contributed by atoms with Crippen LogP contribution in [-0.4, -0.2) is 48.6 Å². The molecule has 1 heterocycles. The highest BCUT2D eigenvalue weighted by Crippen LogP contribution is 2.30. The van der Waals surface area contributed by atoms with Gasteiger partial charge in [0.05, 0.1) is 12.2 Å². The molecule has 234 valence electrons. The molecule has 1 aliphatic rings. The summed E-state index contributed by atoms with van der Waals surface area (Å²) >= 11 is 0. The summed E-state index contributed by atoms with van der Waals surface area (Å²) in [6.45, 7) is 6.53. The lowest BCUT2D eigenvalue weighted by atomic mass is 10.0. The monoisotopic (exact) mass is 566 g/mol. The number of esters is 2. The molecule has 0 aromatic heterocycles. The van der Waals surface area contributed by atoms with Crippen LogP contribution in [0.1, 0.15) is 156 Å². The van der Waals surface area contributed by atoms with Crippen molar-refractivity contribution >= 4 is 11.9 Å². The quantitative estimate of drug-likeness (QED) is 0.0441. The minimum Gasteiger partial charge on any atom is -0.463 e. The molecular weight excluding hydrogens is 504 g/mol. The highest BCUT2D eigenvalue weighted by atomic mass is 16.6. The summed E-state index contributed by atoms with van der Waals surface area (Å²) in [6, 6.07) is 0. The molecule has 1 rings (SSSR count). The van der Waals surface area contributed by atoms with Crippen LogP contribution in [0.15, 0.2) is 12.2 Å². The molecule has 2 unspecified atom stereocenters. The van der Waals surface area contributed by atoms with Gasteiger partial charge in [0.2, 0.25) is 0 Å². The van der Waals surface area contributed by atoms with Crippen molar-refractivity contribution in [1.82, 2.24) is 0 Å². The molecule has 0 spiro atoms. The molecule has 0 radical (unpaired) electrons. The number of aliphatic hydroxyl groups excluding tert-OH is 1. The van der Waals surface area contributed by atoms with E-state index < -0.39 is 6.10 Å². The third kappa shape index (κ3) is 23.3. The van der Waals surface area contributed by atoms with Crippen LogP contribution in [0, 0.1) is 5.92 Å². The third-order valence-corrected chi connectivity index (χ3v) is 7.60. The van der Waals surface area contributed by atoms with Crippen LogP contribution in [0.25, 0.3) is 0 Å². The SMILES string of the molecule is CCCCCC1OC1C/C=C\CCCCCCCC(=O)OC[C@H](O)COC(=O)CCCCCCCCCC(C)C. The highest BCUT2D eigenvalue weighted by molar-refractivity contribution is 5.69. The molecule has 1 saturated heterocycles. The summed E-state index contributed by atoms with van der Waals surface area (Å²) in [5, 5.41) is 9.95. The van der Waals surface area contributed by atoms with Gasteiger partial charge in [-0.2, -0.15) is 0 Å². The predicted molar refractivity (Wildman–Crippen MR) is 163 cm³/mol. The predicted octanol–water partition coefficient (Wildman–Crippen LogP) is 8.63. The lowest BCUT2D eigenvalue weighted by molar-refractivity contribution is -0.152. The summed E-state index contributed by atoms with van der Waals surface area (Å²) in [6.07, 6.45) is 27.3. The molecule has 0 amide bonds. The van der Waals surface area contributed by atoms with Crippen molar-refractivity contribution < 1.29 is 28.9 Å². The topological polar surface area (TPSA) is 85.4 Å². The van der Waals surface area contributed by atoms with Crippen LogP contribution >= 0.6 is 0 Å². The van der Waals surface area contributed by atoms with Gasteiger partial charge >= 0.3 is 11.9 Å². The number of rotatable bonds is 28. The second-order valence-electron chi connectivity index (χ2n) is 12.1. The van der Waals surface area contributed by atoms with Gasteiger partial charge in [-0.05, 0) is 44.4 Å². The van der Waals surface area contributed by atoms with E-state index in [-0.39, 0.29) is 25.2 Å². The van der Waals surface area contributed by atoms with Gasteiger partial charge in [-0.3, -0.25) is 9.59 Å². The zero-order chi connectivity index (χ0) is 29.3. The zero-order valence-electron chi connectivity index (χ0n) is 26.2. The summed E-state index contributed by atoms with van der Waals surface area (Å²) in [5.74, 6) is 0.204. The average molecular weight is 567 g/mol. The zero-order valence-corrected chi connectivity index (χ0v) is 26.2. The Balaban J connectivity index is 1.84. The Labute approximate surface area is 246 Å². The fourth-order valence-corrected chi connectivity index (χ4v) is 4.92. The number of hydrogen-bond donors (Lipinski definition) is 1. The lowest BCUT2D eigenvalue weighted by Gasteiger charge is -2.12. The van der Waals surface area contributed by atoms with Gasteiger partial charge < -0.3 is 19.3 Å². The first-order valence-corrected chi connectivity index (χ1v) is 16.7. The number of aliphatic hydroxyl groups is 1. The molecule has 0 saturated carbocycles. The van der Waals surface area contributed by atoms with E-state index in [1.165, 1.54) is 70.6 Å². The summed E-state index contributed by atoms with van der Waals surface area (Å²) in [7, 11) is 0. The molecule has 6 nitrogen and oxygen atoms in total. The first-order valence-electron chi connectivity index (χ1n) is 16.7. The normalized spacial score (nSPS) is 17.4. The van der Waals surface area contributed by atoms with Gasteiger partial charge in [0.1, 0.15) is 19.3 Å². The van der Waals surface area contributed by atoms with Gasteiger partial charge in [-0.1, -0.05) is 116 Å². The minimum atomic E-state index is -0.967. The average Bonchev–Trinajstić information content (AvgIpc) is 3.68. The standard InChI is InChI=1S/C34H62O6/c1-4-5-17-23-31-32(40-31)24-19-14-10-6-7-11-15-20-25-33(36)38-27-30(35)28-39-34(37)26-21-16-12-8-9-13-18-22-29(2)3/h14,19,29-32,35H,4-13,15-18,20-28H2,1-3H3/b19-14-/t30-,31?,32?/m0/s1. The molecule has 1 aliphatic heterocycles. The molecule has 0 aromatic rings. The number of allylic oxidation sites excluding steroid dienone is 1. The Hall–Kier alpha value is -1.40. The van der Waals surface area contributed by atoms with Gasteiger partial charge in [-0.25, -0.2) is 0 Å². The van der Waals surface area contributed by atoms with E-state index in [2.05, 4.69) is 32.9 Å². The van der Waals surface area contributed by atoms with Crippen molar-refractivity contribution in [3.05, 3.63) is 12.2 Å². The molecular formula is C34H62O6. The fraction of sp³-hybridized carbons (Fsp3) is 0.882. The molecule has 6 heteroatoms. The molecule has 40 heavy (non-hydrogen) atoms. The van der Waals surface area contributed by atoms with Crippen molar-refractivity contribution in [2.24, 2.45) is 5.92 Å². The molecule has 1 fully saturated rings. The first kappa shape index (κ1) is 36.6. The van der Waals surface area contributed by atoms with Crippen LogP contribution in [0.5, 0.6) is 0 Å². The summed E-state index contributed by atoms with van der Waals surface area (Å²) < 4.78 is 16.0. The van der Waals surface area contributed by atoms with Crippen LogP contribution in [0.4, 0.5) is 0 Å². The van der Waals surface area contributed by atoms with Gasteiger partial charge in [0.15, 0.2) is 0 Å². The van der Waals surface area contributed by atoms with E-state index in [1.807, 2.05) is 0 Å². The van der Waals surface area contributed by atoms with E-state index in [0.29, 0.717) is 25.0 Å². The number of unbranched alkanes of at least 4 members (excludes halogenated alkanes) is 13. The van der Waals surface area contributed by atoms with Crippen LogP contribution in [0.3, 0.4) is 0 Å². The first-order chi connectivity index (χ1) is 19.4. The molecule has 0 bridgehead atoms. The highest BCUT2D eigenvalue weighted by Gasteiger charge is 2.36. The number of hydrogen-bond acceptors (Lipinski definition) is 6. The van der Waals surface area contributed by atoms with Gasteiger partial charge in [0, 0.05) is 12.8 Å². The van der Waals surface area contributed by atoms with Crippen LogP contribution in [0.2, 0.25) is 0 Å². The Bertz CT molecular complexity index is 646. The minimum absolute atomic E-state index is 0.121. The Morgan fingerprint density at radius 3 is 1.85 bits per heavy atom. The van der Waals surface area contributed by atoms with Crippen molar-refractivity contribution in [3.8, 4) is 0 Å². The van der Waals surface area contributed by atoms with Crippen molar-refractivity contribution in [1.29, 1.82) is 0 Å². The lowest BCUT2D eigenvalue weighted by Crippen LogP contribution is -2.25. The Kier molecular flexibility index (Phi) is 23.2. The van der Waals surface area contributed by atoms with E-state index in [1.54, 1.807) is 0 Å². The van der Waals surface area contributed by atoms with E-state index in [0.717, 1.165) is 57.3 Å². The maximum Gasteiger partial charge on any atom is 0.305 e. The van der Waals surface area contributed by atoms with E-state index in [4.69, 9.17) is 14.2 Å². The molecule has 1 N–H and O–H groups in total. The number of ether oxygens (including phenoxy) is 3. The molecule has 0 aliphatic carbocycles. The summed E-state index contributed by atoms with van der Waals surface area (Å²) in [5.41, 5.74) is 0. The largest absolute Gasteiger partial charge is 0.463 e. The Morgan fingerprint density at radius 2 is 1.27 bits per heavy atom. The number of carbonyl (C=O) groups excluding carboxylic acids is 2. The summed E-state index contributed by atoms with van der Waals surface area (Å²) in [4.78, 5) is 23.8. The van der Waals surface area contributed by atoms with Crippen LogP contribution in [-0.2, 0) is 23.8 Å². The van der Waals surface area contributed by atoms with Crippen LogP contribution < -0.4 is 0 Å². The molecule has 0 aromatic carbocycles. The number of carbonyl (C=O) groups is 2. The van der Waals surface area contributed by atoms with Crippen molar-refractivity contribution in [2.75, 3.05) is 13.2 Å². The van der Waals surface area contributed by atoms with E-state index in [9.17, 15) is 14.7 Å². The van der Waals surface area contributed by atoms with Crippen molar-refractivity contribution in [3.63, 3.8) is 0 Å². The smallest absolute Gasteiger partial charge is 0.305 e. The Morgan fingerprint density at radius 1 is 0.725 bits per heavy atom. The van der Waals surface area contributed by atoms with Gasteiger partial charge in [-0.15, -0.1) is 0 Å². The maximum absolute atomic E-state index is 11.9. The van der Waals surface area contributed by atoms with Crippen molar-refractivity contribution in [2.45, 2.75) is 174 Å².